The second-order valence-corrected chi connectivity index (χ2v) is 8.54. The summed E-state index contributed by atoms with van der Waals surface area (Å²) in [5, 5.41) is 14.7. The topological polar surface area (TPSA) is 232 Å². The molecule has 14 heteroatoms. The van der Waals surface area contributed by atoms with Crippen molar-refractivity contribution in [1.29, 1.82) is 0 Å². The largest absolute Gasteiger partial charge is 0.480 e. The fraction of sp³-hybridized carbons (Fsp3) is 0.750. The Labute approximate surface area is 204 Å². The number of thiol groups is 1. The van der Waals surface area contributed by atoms with E-state index < -0.39 is 47.9 Å². The molecule has 0 aliphatic carbocycles. The molecular weight excluding hydrogens is 464 g/mol. The Morgan fingerprint density at radius 3 is 2.29 bits per heavy atom. The summed E-state index contributed by atoms with van der Waals surface area (Å²) in [5.74, 6) is -2.70. The highest BCUT2D eigenvalue weighted by molar-refractivity contribution is 7.80. The summed E-state index contributed by atoms with van der Waals surface area (Å²) in [5.41, 5.74) is 21.9. The summed E-state index contributed by atoms with van der Waals surface area (Å²) in [6.45, 7) is 0.962. The summed E-state index contributed by atoms with van der Waals surface area (Å²) in [6.07, 6.45) is 2.98. The predicted molar refractivity (Wildman–Crippen MR) is 131 cm³/mol. The Bertz CT molecular complexity index is 734. The molecule has 1 rings (SSSR count). The normalized spacial score (nSPS) is 18.0. The number of carbonyl (C=O) groups is 4. The highest BCUT2D eigenvalue weighted by atomic mass is 32.1. The van der Waals surface area contributed by atoms with Crippen LogP contribution in [0.5, 0.6) is 0 Å². The fourth-order valence-corrected chi connectivity index (χ4v) is 3.81. The lowest BCUT2D eigenvalue weighted by molar-refractivity contribution is -0.149. The molecule has 1 aliphatic rings. The smallest absolute Gasteiger partial charge is 0.326 e. The monoisotopic (exact) mass is 502 g/mol. The van der Waals surface area contributed by atoms with Crippen LogP contribution in [-0.4, -0.2) is 89.2 Å². The van der Waals surface area contributed by atoms with E-state index in [1.807, 2.05) is 0 Å². The minimum absolute atomic E-state index is 0.0832. The van der Waals surface area contributed by atoms with Crippen LogP contribution >= 0.6 is 12.6 Å². The average molecular weight is 503 g/mol. The molecular formula is C20H38N8O5S. The van der Waals surface area contributed by atoms with Crippen molar-refractivity contribution >= 4 is 42.3 Å². The third-order valence-electron chi connectivity index (χ3n) is 5.49. The number of carboxylic acids is 1. The molecule has 3 amide bonds. The van der Waals surface area contributed by atoms with Gasteiger partial charge in [-0.05, 0) is 51.5 Å². The van der Waals surface area contributed by atoms with Crippen LogP contribution in [-0.2, 0) is 19.2 Å². The van der Waals surface area contributed by atoms with E-state index in [4.69, 9.17) is 22.9 Å². The molecule has 1 heterocycles. The number of hydrogen-bond acceptors (Lipinski definition) is 8. The number of nitrogens with one attached hydrogen (secondary N) is 2. The maximum absolute atomic E-state index is 13.2. The Kier molecular flexibility index (Phi) is 13.3. The molecule has 0 bridgehead atoms. The Hall–Kier alpha value is -2.58. The number of carbonyl (C=O) groups excluding carboxylic acids is 3. The molecule has 11 N–H and O–H groups in total. The van der Waals surface area contributed by atoms with E-state index in [9.17, 15) is 24.3 Å². The van der Waals surface area contributed by atoms with Crippen LogP contribution < -0.4 is 33.6 Å². The van der Waals surface area contributed by atoms with Crippen LogP contribution in [0.15, 0.2) is 4.99 Å². The first kappa shape index (κ1) is 29.5. The van der Waals surface area contributed by atoms with Gasteiger partial charge in [-0.2, -0.15) is 12.6 Å². The molecule has 194 valence electrons. The zero-order valence-electron chi connectivity index (χ0n) is 19.3. The summed E-state index contributed by atoms with van der Waals surface area (Å²) in [6, 6.07) is -3.79. The van der Waals surface area contributed by atoms with Gasteiger partial charge in [-0.1, -0.05) is 0 Å². The van der Waals surface area contributed by atoms with Crippen molar-refractivity contribution < 1.29 is 24.3 Å². The number of hydrogen-bond donors (Lipinski definition) is 8. The van der Waals surface area contributed by atoms with Crippen LogP contribution in [0.3, 0.4) is 0 Å². The van der Waals surface area contributed by atoms with E-state index in [1.165, 1.54) is 4.90 Å². The molecule has 13 nitrogen and oxygen atoms in total. The molecule has 0 spiro atoms. The number of likely N-dealkylation sites (tertiary alicyclic amines) is 1. The van der Waals surface area contributed by atoms with Gasteiger partial charge in [0, 0.05) is 18.8 Å². The molecule has 0 aromatic heterocycles. The Morgan fingerprint density at radius 1 is 1.06 bits per heavy atom. The minimum Gasteiger partial charge on any atom is -0.480 e. The Morgan fingerprint density at radius 2 is 1.71 bits per heavy atom. The van der Waals surface area contributed by atoms with Crippen molar-refractivity contribution in [2.24, 2.45) is 27.9 Å². The quantitative estimate of drug-likeness (QED) is 0.0509. The van der Waals surface area contributed by atoms with Gasteiger partial charge in [0.2, 0.25) is 17.7 Å². The molecule has 0 aromatic rings. The number of nitrogens with zero attached hydrogens (tertiary/aromatic N) is 2. The summed E-state index contributed by atoms with van der Waals surface area (Å²) >= 11 is 4.00. The summed E-state index contributed by atoms with van der Waals surface area (Å²) < 4.78 is 0. The maximum atomic E-state index is 13.2. The number of aliphatic carboxylic acids is 1. The van der Waals surface area contributed by atoms with Crippen LogP contribution in [0, 0.1) is 0 Å². The number of carboxylic acid groups (broad SMARTS) is 1. The molecule has 0 aromatic carbocycles. The van der Waals surface area contributed by atoms with E-state index in [1.54, 1.807) is 0 Å². The SMILES string of the molecule is NCCCCC(NC(=O)C(CCCN=C(N)N)NC(=O)C(N)CS)C(=O)N1CCCC1C(=O)O. The molecule has 1 aliphatic heterocycles. The van der Waals surface area contributed by atoms with Gasteiger partial charge in [0.25, 0.3) is 0 Å². The van der Waals surface area contributed by atoms with Gasteiger partial charge in [-0.15, -0.1) is 0 Å². The number of rotatable bonds is 15. The van der Waals surface area contributed by atoms with Gasteiger partial charge in [0.15, 0.2) is 5.96 Å². The lowest BCUT2D eigenvalue weighted by Gasteiger charge is -2.29. The molecule has 1 fully saturated rings. The number of amides is 3. The van der Waals surface area contributed by atoms with Gasteiger partial charge < -0.3 is 43.6 Å². The standard InChI is InChI=1S/C20H38N8O5S/c21-8-2-1-5-14(18(31)28-10-4-7-15(28)19(32)33)27-17(30)13(6-3-9-25-20(23)24)26-16(29)12(22)11-34/h12-15,34H,1-11,21-22H2,(H,26,29)(H,27,30)(H,32,33)(H4,23,24,25). The highest BCUT2D eigenvalue weighted by Gasteiger charge is 2.38. The summed E-state index contributed by atoms with van der Waals surface area (Å²) in [4.78, 5) is 55.3. The van der Waals surface area contributed by atoms with Crippen LogP contribution in [0.4, 0.5) is 0 Å². The first-order valence-corrected chi connectivity index (χ1v) is 12.0. The van der Waals surface area contributed by atoms with Crippen molar-refractivity contribution in [2.45, 2.75) is 69.1 Å². The van der Waals surface area contributed by atoms with E-state index in [0.29, 0.717) is 45.2 Å². The van der Waals surface area contributed by atoms with Gasteiger partial charge in [-0.25, -0.2) is 4.79 Å². The summed E-state index contributed by atoms with van der Waals surface area (Å²) in [7, 11) is 0. The van der Waals surface area contributed by atoms with Gasteiger partial charge in [0.1, 0.15) is 18.1 Å². The highest BCUT2D eigenvalue weighted by Crippen LogP contribution is 2.20. The zero-order valence-corrected chi connectivity index (χ0v) is 20.2. The van der Waals surface area contributed by atoms with E-state index >= 15 is 0 Å². The molecule has 0 radical (unpaired) electrons. The first-order valence-electron chi connectivity index (χ1n) is 11.4. The van der Waals surface area contributed by atoms with Crippen molar-refractivity contribution in [3.8, 4) is 0 Å². The van der Waals surface area contributed by atoms with Gasteiger partial charge in [-0.3, -0.25) is 19.4 Å². The molecule has 4 atom stereocenters. The zero-order chi connectivity index (χ0) is 25.7. The second kappa shape index (κ2) is 15.3. The third kappa shape index (κ3) is 9.73. The number of unbranched alkanes of at least 4 members (excludes halogenated alkanes) is 1. The predicted octanol–water partition coefficient (Wildman–Crippen LogP) is -2.53. The van der Waals surface area contributed by atoms with Crippen molar-refractivity contribution in [3.63, 3.8) is 0 Å². The maximum Gasteiger partial charge on any atom is 0.326 e. The number of aliphatic imine (C=N–C) groups is 1. The molecule has 4 unspecified atom stereocenters. The molecule has 34 heavy (non-hydrogen) atoms. The lowest BCUT2D eigenvalue weighted by Crippen LogP contribution is -2.57. The molecule has 0 saturated carbocycles. The van der Waals surface area contributed by atoms with Crippen molar-refractivity contribution in [3.05, 3.63) is 0 Å². The van der Waals surface area contributed by atoms with E-state index in [2.05, 4.69) is 28.3 Å². The van der Waals surface area contributed by atoms with E-state index in [0.717, 1.165) is 0 Å². The second-order valence-electron chi connectivity index (χ2n) is 8.17. The van der Waals surface area contributed by atoms with E-state index in [-0.39, 0.29) is 31.1 Å². The number of nitrogens with two attached hydrogens (primary N) is 4. The van der Waals surface area contributed by atoms with Gasteiger partial charge in [0.05, 0.1) is 6.04 Å². The molecule has 1 saturated heterocycles. The van der Waals surface area contributed by atoms with Crippen LogP contribution in [0.1, 0.15) is 44.9 Å². The van der Waals surface area contributed by atoms with Gasteiger partial charge >= 0.3 is 5.97 Å². The van der Waals surface area contributed by atoms with Crippen LogP contribution in [0.25, 0.3) is 0 Å². The van der Waals surface area contributed by atoms with Crippen LogP contribution in [0.2, 0.25) is 0 Å². The first-order chi connectivity index (χ1) is 16.1. The lowest BCUT2D eigenvalue weighted by atomic mass is 10.0. The fourth-order valence-electron chi connectivity index (χ4n) is 3.64. The Balaban J connectivity index is 2.99. The van der Waals surface area contributed by atoms with Crippen molar-refractivity contribution in [2.75, 3.05) is 25.4 Å². The third-order valence-corrected chi connectivity index (χ3v) is 5.89. The number of guanidine groups is 1. The minimum atomic E-state index is -1.08. The average Bonchev–Trinajstić information content (AvgIpc) is 3.29. The van der Waals surface area contributed by atoms with Crippen molar-refractivity contribution in [1.82, 2.24) is 15.5 Å².